The number of aromatic nitrogens is 5. The Kier molecular flexibility index (Phi) is 13.8. The van der Waals surface area contributed by atoms with Gasteiger partial charge in [-0.05, 0) is 108 Å². The number of nitrogens with zero attached hydrogens (tertiary/aromatic N) is 8. The number of halogens is 1. The van der Waals surface area contributed by atoms with Crippen LogP contribution in [-0.4, -0.2) is 118 Å². The summed E-state index contributed by atoms with van der Waals surface area (Å²) >= 11 is 3.69. The van der Waals surface area contributed by atoms with E-state index in [1.165, 1.54) is 16.8 Å². The van der Waals surface area contributed by atoms with Gasteiger partial charge in [0.1, 0.15) is 18.7 Å². The van der Waals surface area contributed by atoms with E-state index < -0.39 is 7.14 Å². The summed E-state index contributed by atoms with van der Waals surface area (Å²) in [7, 11) is 1.00. The molecular weight excluding hydrogens is 954 g/mol. The number of benzene rings is 3. The normalized spacial score (nSPS) is 19.4. The zero-order valence-electron chi connectivity index (χ0n) is 40.2. The smallest absolute Gasteiger partial charge is 0.234 e. The number of fused-ring (bicyclic) bond motifs is 2. The number of rotatable bonds is 14. The second kappa shape index (κ2) is 20.1. The first-order valence-electron chi connectivity index (χ1n) is 24.8. The molecule has 10 rings (SSSR count). The number of methoxy groups -OCH3 is 1. The Balaban J connectivity index is 0.767. The molecule has 0 radical (unpaired) electrons. The van der Waals surface area contributed by atoms with Gasteiger partial charge in [-0.25, -0.2) is 4.98 Å². The molecule has 1 atom stereocenters. The highest BCUT2D eigenvalue weighted by molar-refractivity contribution is 9.10. The van der Waals surface area contributed by atoms with Gasteiger partial charge in [0.05, 0.1) is 46.1 Å². The molecule has 0 saturated carbocycles. The Morgan fingerprint density at radius 2 is 1.65 bits per heavy atom. The number of piperazine rings is 1. The summed E-state index contributed by atoms with van der Waals surface area (Å²) in [6.07, 6.45) is 12.7. The van der Waals surface area contributed by atoms with Crippen LogP contribution in [0.1, 0.15) is 80.7 Å². The maximum Gasteiger partial charge on any atom is 0.234 e. The van der Waals surface area contributed by atoms with Gasteiger partial charge in [0.2, 0.25) is 17.8 Å². The molecule has 1 unspecified atom stereocenters. The maximum absolute atomic E-state index is 14.5. The lowest BCUT2D eigenvalue weighted by Gasteiger charge is -2.43. The molecule has 4 saturated heterocycles. The van der Waals surface area contributed by atoms with Crippen molar-refractivity contribution in [2.45, 2.75) is 83.6 Å². The molecule has 7 heterocycles. The Bertz CT molecular complexity index is 2950. The van der Waals surface area contributed by atoms with E-state index in [1.54, 1.807) is 13.3 Å². The molecule has 3 aromatic carbocycles. The fourth-order valence-electron chi connectivity index (χ4n) is 11.2. The van der Waals surface area contributed by atoms with Crippen LogP contribution in [-0.2, 0) is 40.5 Å². The van der Waals surface area contributed by atoms with E-state index in [-0.39, 0.29) is 17.7 Å². The van der Waals surface area contributed by atoms with Crippen LogP contribution < -0.4 is 30.9 Å². The van der Waals surface area contributed by atoms with Crippen molar-refractivity contribution in [2.75, 3.05) is 80.8 Å². The third kappa shape index (κ3) is 9.61. The predicted octanol–water partition coefficient (Wildman–Crippen LogP) is 8.43. The summed E-state index contributed by atoms with van der Waals surface area (Å²) in [6, 6.07) is 17.3. The predicted molar refractivity (Wildman–Crippen MR) is 279 cm³/mol. The fraction of sp³-hybridized carbons (Fsp3) is 0.462. The Labute approximate surface area is 412 Å². The van der Waals surface area contributed by atoms with Crippen LogP contribution in [0.4, 0.5) is 28.8 Å². The van der Waals surface area contributed by atoms with Crippen molar-refractivity contribution < 1.29 is 18.9 Å². The largest absolute Gasteiger partial charge is 0.494 e. The van der Waals surface area contributed by atoms with Crippen LogP contribution in [0.15, 0.2) is 65.4 Å². The first-order valence-corrected chi connectivity index (χ1v) is 27.7. The van der Waals surface area contributed by atoms with Crippen molar-refractivity contribution in [3.05, 3.63) is 87.8 Å². The number of piperidine rings is 2. The Morgan fingerprint density at radius 1 is 0.855 bits per heavy atom. The van der Waals surface area contributed by atoms with Crippen LogP contribution in [0.2, 0.25) is 0 Å². The van der Waals surface area contributed by atoms with Crippen molar-refractivity contribution in [2.24, 2.45) is 7.05 Å². The number of carbonyl (C=O) groups is 2. The van der Waals surface area contributed by atoms with Gasteiger partial charge in [-0.15, -0.1) is 0 Å². The van der Waals surface area contributed by atoms with E-state index in [0.29, 0.717) is 47.4 Å². The van der Waals surface area contributed by atoms with Crippen molar-refractivity contribution in [1.82, 2.24) is 39.8 Å². The first kappa shape index (κ1) is 47.3. The molecule has 2 amide bonds. The van der Waals surface area contributed by atoms with Gasteiger partial charge in [-0.3, -0.25) is 29.5 Å². The number of hydrogen-bond acceptors (Lipinski definition) is 13. The van der Waals surface area contributed by atoms with Gasteiger partial charge in [-0.2, -0.15) is 10.1 Å². The number of amides is 2. The number of pyridine rings is 1. The highest BCUT2D eigenvalue weighted by atomic mass is 79.9. The van der Waals surface area contributed by atoms with Crippen LogP contribution in [0.25, 0.3) is 21.8 Å². The molecule has 4 aliphatic heterocycles. The Hall–Kier alpha value is -5.41. The second-order valence-corrected chi connectivity index (χ2v) is 23.1. The maximum atomic E-state index is 14.5. The van der Waals surface area contributed by atoms with Crippen molar-refractivity contribution in [3.8, 4) is 5.75 Å². The van der Waals surface area contributed by atoms with Crippen LogP contribution >= 0.6 is 23.1 Å². The molecule has 0 spiro atoms. The monoisotopic (exact) mass is 1020 g/mol. The third-order valence-corrected chi connectivity index (χ3v) is 19.0. The number of hydrogen-bond donors (Lipinski definition) is 3. The zero-order valence-corrected chi connectivity index (χ0v) is 42.7. The quantitative estimate of drug-likeness (QED) is 0.0705. The van der Waals surface area contributed by atoms with E-state index in [4.69, 9.17) is 14.7 Å². The summed E-state index contributed by atoms with van der Waals surface area (Å²) < 4.78 is 23.1. The fourth-order valence-corrected chi connectivity index (χ4v) is 14.9. The summed E-state index contributed by atoms with van der Waals surface area (Å²) in [5.74, 6) is 0.977. The minimum Gasteiger partial charge on any atom is -0.494 e. The molecule has 17 heteroatoms. The van der Waals surface area contributed by atoms with Crippen molar-refractivity contribution in [3.63, 3.8) is 0 Å². The van der Waals surface area contributed by atoms with Gasteiger partial charge in [0.25, 0.3) is 0 Å². The number of ether oxygens (including phenoxy) is 1. The number of imide groups is 1. The van der Waals surface area contributed by atoms with Crippen LogP contribution in [0.3, 0.4) is 0 Å². The number of carbonyl (C=O) groups excluding carboxylic acids is 2. The average Bonchev–Trinajstić information content (AvgIpc) is 4.00. The Morgan fingerprint density at radius 3 is 2.39 bits per heavy atom. The lowest BCUT2D eigenvalue weighted by Crippen LogP contribution is -2.53. The van der Waals surface area contributed by atoms with Gasteiger partial charge in [-0.1, -0.05) is 32.0 Å². The van der Waals surface area contributed by atoms with E-state index in [2.05, 4.69) is 107 Å². The number of nitrogens with one attached hydrogen (secondary N) is 3. The van der Waals surface area contributed by atoms with E-state index in [0.717, 1.165) is 146 Å². The molecule has 15 nitrogen and oxygen atoms in total. The molecule has 69 heavy (non-hydrogen) atoms. The highest BCUT2D eigenvalue weighted by Crippen LogP contribution is 2.54. The SMILES string of the molecule is CCc1ccc2c(P3(=O)CCCC3)c(Nc3nc(Nc4cc(CC)c(N5CCC(N6CCN(CCc7ccc(C8CCC(=O)NC8=O)c8c7cnn8C)CC6)CC5)cc4OC)ncc3Br)ccc2n1. The third-order valence-electron chi connectivity index (χ3n) is 15.0. The average molecular weight is 1020 g/mol. The van der Waals surface area contributed by atoms with Crippen LogP contribution in [0, 0.1) is 0 Å². The molecule has 4 fully saturated rings. The summed E-state index contributed by atoms with van der Waals surface area (Å²) in [5, 5.41) is 17.0. The first-order chi connectivity index (χ1) is 33.5. The van der Waals surface area contributed by atoms with E-state index in [9.17, 15) is 14.2 Å². The standard InChI is InChI=1S/C52H63BrN11O4P/c1-5-33-29-44(58-52-54-32-41(53)50(60-52)57-43-15-14-42-39(12-10-35(6-2)56-42)49(43)69(67)27-7-8-28-69)46(68-4)30-45(33)64-21-18-36(19-22-64)63-25-23-62(24-26-63)20-17-34-9-11-37(48-40(34)31-55-61(48)3)38-13-16-47(65)59-51(38)66/h9-12,14-15,29-32,36,38H,5-8,13,16-28H2,1-4H3,(H,59,65,66)(H2,54,57,58,60). The van der Waals surface area contributed by atoms with Gasteiger partial charge in [0.15, 0.2) is 0 Å². The highest BCUT2D eigenvalue weighted by Gasteiger charge is 2.35. The van der Waals surface area contributed by atoms with Crippen molar-refractivity contribution >= 4 is 90.8 Å². The van der Waals surface area contributed by atoms with Crippen molar-refractivity contribution in [1.29, 1.82) is 0 Å². The van der Waals surface area contributed by atoms with E-state index in [1.807, 2.05) is 30.1 Å². The lowest BCUT2D eigenvalue weighted by molar-refractivity contribution is -0.134. The van der Waals surface area contributed by atoms with Gasteiger partial charge >= 0.3 is 0 Å². The van der Waals surface area contributed by atoms with Gasteiger partial charge in [0, 0.05) is 117 Å². The van der Waals surface area contributed by atoms with Gasteiger partial charge < -0.3 is 29.7 Å². The molecule has 0 bridgehead atoms. The molecular formula is C52H63BrN11O4P. The summed E-state index contributed by atoms with van der Waals surface area (Å²) in [6.45, 7) is 11.4. The molecule has 0 aliphatic carbocycles. The molecule has 3 aromatic heterocycles. The molecule has 6 aromatic rings. The minimum atomic E-state index is -2.64. The summed E-state index contributed by atoms with van der Waals surface area (Å²) in [4.78, 5) is 46.9. The number of aryl methyl sites for hydroxylation is 3. The molecule has 4 aliphatic rings. The van der Waals surface area contributed by atoms with Crippen LogP contribution in [0.5, 0.6) is 5.75 Å². The zero-order chi connectivity index (χ0) is 47.8. The minimum absolute atomic E-state index is 0.197. The second-order valence-electron chi connectivity index (χ2n) is 19.1. The molecule has 362 valence electrons. The topological polar surface area (TPSA) is 163 Å². The summed E-state index contributed by atoms with van der Waals surface area (Å²) in [5.41, 5.74) is 9.11. The lowest BCUT2D eigenvalue weighted by atomic mass is 9.88. The van der Waals surface area contributed by atoms with E-state index >= 15 is 0 Å². The molecule has 3 N–H and O–H groups in total. The number of anilines is 5.